The Morgan fingerprint density at radius 3 is 2.93 bits per heavy atom. The molecule has 14 heavy (non-hydrogen) atoms. The predicted molar refractivity (Wildman–Crippen MR) is 56.3 cm³/mol. The molecule has 0 amide bonds. The number of carbonyl (C=O) groups excluding carboxylic acids is 1. The van der Waals surface area contributed by atoms with E-state index in [2.05, 4.69) is 6.07 Å². The molecule has 4 heteroatoms. The Balaban J connectivity index is 2.92. The van der Waals surface area contributed by atoms with Gasteiger partial charge in [-0.3, -0.25) is 4.79 Å². The molecule has 1 aromatic carbocycles. The van der Waals surface area contributed by atoms with Crippen molar-refractivity contribution in [3.63, 3.8) is 0 Å². The molecule has 0 unspecified atom stereocenters. The second-order valence-electron chi connectivity index (χ2n) is 2.82. The zero-order valence-electron chi connectivity index (χ0n) is 7.15. The van der Waals surface area contributed by atoms with Crippen LogP contribution in [0.5, 0.6) is 0 Å². The van der Waals surface area contributed by atoms with E-state index in [0.29, 0.717) is 16.1 Å². The SMILES string of the molecule is N#Cc1ccc(C=O)c2sc(N)cc12. The number of aldehydes is 1. The van der Waals surface area contributed by atoms with E-state index in [0.717, 1.165) is 16.4 Å². The lowest BCUT2D eigenvalue weighted by molar-refractivity contribution is 0.112. The number of anilines is 1. The first kappa shape index (κ1) is 8.73. The Morgan fingerprint density at radius 1 is 1.50 bits per heavy atom. The molecule has 0 atom stereocenters. The monoisotopic (exact) mass is 202 g/mol. The van der Waals surface area contributed by atoms with Gasteiger partial charge in [-0.2, -0.15) is 5.26 Å². The van der Waals surface area contributed by atoms with E-state index in [4.69, 9.17) is 11.0 Å². The topological polar surface area (TPSA) is 66.9 Å². The fraction of sp³-hybridized carbons (Fsp3) is 0. The van der Waals surface area contributed by atoms with Gasteiger partial charge in [-0.05, 0) is 18.2 Å². The van der Waals surface area contributed by atoms with Gasteiger partial charge in [-0.1, -0.05) is 0 Å². The zero-order valence-corrected chi connectivity index (χ0v) is 7.97. The minimum Gasteiger partial charge on any atom is -0.391 e. The Morgan fingerprint density at radius 2 is 2.29 bits per heavy atom. The summed E-state index contributed by atoms with van der Waals surface area (Å²) in [5.41, 5.74) is 6.77. The van der Waals surface area contributed by atoms with Crippen LogP contribution in [0.1, 0.15) is 15.9 Å². The van der Waals surface area contributed by atoms with Gasteiger partial charge in [0.15, 0.2) is 6.29 Å². The number of fused-ring (bicyclic) bond motifs is 1. The van der Waals surface area contributed by atoms with Crippen LogP contribution < -0.4 is 5.73 Å². The third kappa shape index (κ3) is 1.15. The van der Waals surface area contributed by atoms with Crippen LogP contribution in [0, 0.1) is 11.3 Å². The number of carbonyl (C=O) groups is 1. The lowest BCUT2D eigenvalue weighted by atomic mass is 10.1. The van der Waals surface area contributed by atoms with Gasteiger partial charge in [-0.15, -0.1) is 11.3 Å². The first-order chi connectivity index (χ1) is 6.76. The smallest absolute Gasteiger partial charge is 0.151 e. The Hall–Kier alpha value is -1.86. The maximum Gasteiger partial charge on any atom is 0.151 e. The normalized spacial score (nSPS) is 9.93. The molecule has 0 aliphatic heterocycles. The summed E-state index contributed by atoms with van der Waals surface area (Å²) in [7, 11) is 0. The number of rotatable bonds is 1. The van der Waals surface area contributed by atoms with Crippen LogP contribution >= 0.6 is 11.3 Å². The van der Waals surface area contributed by atoms with Crippen molar-refractivity contribution in [1.29, 1.82) is 5.26 Å². The second-order valence-corrected chi connectivity index (χ2v) is 3.91. The Kier molecular flexibility index (Phi) is 1.95. The van der Waals surface area contributed by atoms with Gasteiger partial charge < -0.3 is 5.73 Å². The average Bonchev–Trinajstić information content (AvgIpc) is 2.57. The zero-order chi connectivity index (χ0) is 10.1. The molecule has 0 radical (unpaired) electrons. The van der Waals surface area contributed by atoms with Crippen molar-refractivity contribution in [3.8, 4) is 6.07 Å². The van der Waals surface area contributed by atoms with Gasteiger partial charge >= 0.3 is 0 Å². The van der Waals surface area contributed by atoms with Crippen LogP contribution in [-0.4, -0.2) is 6.29 Å². The first-order valence-corrected chi connectivity index (χ1v) is 4.75. The van der Waals surface area contributed by atoms with Crippen molar-refractivity contribution in [2.75, 3.05) is 5.73 Å². The quantitative estimate of drug-likeness (QED) is 0.720. The highest BCUT2D eigenvalue weighted by Gasteiger charge is 2.08. The van der Waals surface area contributed by atoms with Crippen molar-refractivity contribution < 1.29 is 4.79 Å². The summed E-state index contributed by atoms with van der Waals surface area (Å²) >= 11 is 1.33. The summed E-state index contributed by atoms with van der Waals surface area (Å²) < 4.78 is 0.788. The minimum absolute atomic E-state index is 0.554. The van der Waals surface area contributed by atoms with E-state index in [9.17, 15) is 4.79 Å². The van der Waals surface area contributed by atoms with Crippen molar-refractivity contribution in [1.82, 2.24) is 0 Å². The maximum absolute atomic E-state index is 10.7. The number of nitrogens with two attached hydrogens (primary N) is 1. The van der Waals surface area contributed by atoms with Gasteiger partial charge in [0, 0.05) is 15.6 Å². The van der Waals surface area contributed by atoms with E-state index in [1.165, 1.54) is 11.3 Å². The molecule has 1 heterocycles. The Bertz CT molecular complexity index is 551. The number of hydrogen-bond acceptors (Lipinski definition) is 4. The second kappa shape index (κ2) is 3.13. The number of nitriles is 1. The highest BCUT2D eigenvalue weighted by atomic mass is 32.1. The van der Waals surface area contributed by atoms with Crippen LogP contribution in [0.3, 0.4) is 0 Å². The predicted octanol–water partition coefficient (Wildman–Crippen LogP) is 2.17. The summed E-state index contributed by atoms with van der Waals surface area (Å²) in [6.45, 7) is 0. The molecule has 0 bridgehead atoms. The third-order valence-corrected chi connectivity index (χ3v) is 2.99. The van der Waals surface area contributed by atoms with Crippen LogP contribution in [0.25, 0.3) is 10.1 Å². The maximum atomic E-state index is 10.7. The molecule has 68 valence electrons. The molecular weight excluding hydrogens is 196 g/mol. The first-order valence-electron chi connectivity index (χ1n) is 3.93. The van der Waals surface area contributed by atoms with Crippen molar-refractivity contribution in [2.45, 2.75) is 0 Å². The number of benzene rings is 1. The minimum atomic E-state index is 0.554. The van der Waals surface area contributed by atoms with Crippen LogP contribution in [-0.2, 0) is 0 Å². The summed E-state index contributed by atoms with van der Waals surface area (Å²) in [5.74, 6) is 0. The molecule has 0 aliphatic rings. The van der Waals surface area contributed by atoms with E-state index in [1.807, 2.05) is 0 Å². The number of nitrogens with zero attached hydrogens (tertiary/aromatic N) is 1. The lowest BCUT2D eigenvalue weighted by Crippen LogP contribution is -1.82. The number of thiophene rings is 1. The summed E-state index contributed by atoms with van der Waals surface area (Å²) in [6.07, 6.45) is 0.777. The molecule has 1 aromatic heterocycles. The molecular formula is C10H6N2OS. The van der Waals surface area contributed by atoms with Gasteiger partial charge in [0.25, 0.3) is 0 Å². The highest BCUT2D eigenvalue weighted by Crippen LogP contribution is 2.31. The molecule has 2 N–H and O–H groups in total. The van der Waals surface area contributed by atoms with Gasteiger partial charge in [0.2, 0.25) is 0 Å². The molecule has 0 aliphatic carbocycles. The largest absolute Gasteiger partial charge is 0.391 e. The van der Waals surface area contributed by atoms with E-state index in [-0.39, 0.29) is 0 Å². The molecule has 2 aromatic rings. The summed E-state index contributed by atoms with van der Waals surface area (Å²) in [5, 5.41) is 10.2. The van der Waals surface area contributed by atoms with Crippen LogP contribution in [0.15, 0.2) is 18.2 Å². The molecule has 0 fully saturated rings. The fourth-order valence-electron chi connectivity index (χ4n) is 1.35. The Labute approximate surface area is 84.4 Å². The molecule has 0 saturated carbocycles. The van der Waals surface area contributed by atoms with Gasteiger partial charge in [-0.25, -0.2) is 0 Å². The van der Waals surface area contributed by atoms with Crippen LogP contribution in [0.2, 0.25) is 0 Å². The fourth-order valence-corrected chi connectivity index (χ4v) is 2.28. The van der Waals surface area contributed by atoms with E-state index in [1.54, 1.807) is 18.2 Å². The van der Waals surface area contributed by atoms with Gasteiger partial charge in [0.1, 0.15) is 0 Å². The van der Waals surface area contributed by atoms with E-state index < -0.39 is 0 Å². The number of hydrogen-bond donors (Lipinski definition) is 1. The average molecular weight is 202 g/mol. The van der Waals surface area contributed by atoms with Crippen molar-refractivity contribution in [2.24, 2.45) is 0 Å². The summed E-state index contributed by atoms with van der Waals surface area (Å²) in [6, 6.07) is 7.08. The van der Waals surface area contributed by atoms with Crippen LogP contribution in [0.4, 0.5) is 5.00 Å². The molecule has 0 spiro atoms. The van der Waals surface area contributed by atoms with E-state index >= 15 is 0 Å². The lowest BCUT2D eigenvalue weighted by Gasteiger charge is -1.94. The van der Waals surface area contributed by atoms with Gasteiger partial charge in [0.05, 0.1) is 16.6 Å². The van der Waals surface area contributed by atoms with Crippen molar-refractivity contribution >= 4 is 32.7 Å². The molecule has 2 rings (SSSR count). The van der Waals surface area contributed by atoms with Crippen molar-refractivity contribution in [3.05, 3.63) is 29.3 Å². The summed E-state index contributed by atoms with van der Waals surface area (Å²) in [4.78, 5) is 10.7. The number of nitrogen functional groups attached to an aromatic ring is 1. The third-order valence-electron chi connectivity index (χ3n) is 1.98. The highest BCUT2D eigenvalue weighted by molar-refractivity contribution is 7.23. The standard InChI is InChI=1S/C10H6N2OS/c11-4-6-1-2-7(5-13)10-8(6)3-9(12)14-10/h1-3,5H,12H2. The molecule has 3 nitrogen and oxygen atoms in total. The molecule has 0 saturated heterocycles.